The van der Waals surface area contributed by atoms with Gasteiger partial charge in [-0.3, -0.25) is 10.1 Å². The largest absolute Gasteiger partial charge is 0.492 e. The molecule has 0 heterocycles. The Morgan fingerprint density at radius 1 is 1.42 bits per heavy atom. The molecule has 0 aliphatic rings. The number of nitro groups is 1. The Labute approximate surface area is 111 Å². The monoisotopic (exact) mass is 288 g/mol. The molecular weight excluding hydrogens is 272 g/mol. The van der Waals surface area contributed by atoms with Crippen molar-refractivity contribution >= 4 is 15.5 Å². The highest BCUT2D eigenvalue weighted by atomic mass is 32.2. The van der Waals surface area contributed by atoms with Crippen LogP contribution in [0.2, 0.25) is 0 Å². The van der Waals surface area contributed by atoms with Crippen molar-refractivity contribution in [3.63, 3.8) is 0 Å². The van der Waals surface area contributed by atoms with Crippen LogP contribution in [0.5, 0.6) is 5.75 Å². The number of sulfone groups is 1. The third-order valence-electron chi connectivity index (χ3n) is 2.33. The van der Waals surface area contributed by atoms with E-state index in [1.54, 1.807) is 7.05 Å². The van der Waals surface area contributed by atoms with E-state index in [1.165, 1.54) is 18.2 Å². The number of rotatable bonds is 7. The van der Waals surface area contributed by atoms with Crippen LogP contribution in [-0.2, 0) is 16.4 Å². The predicted octanol–water partition coefficient (Wildman–Crippen LogP) is 0.738. The average Bonchev–Trinajstić information content (AvgIpc) is 2.29. The van der Waals surface area contributed by atoms with Gasteiger partial charge in [-0.25, -0.2) is 8.42 Å². The number of ether oxygens (including phenoxy) is 1. The second kappa shape index (κ2) is 6.48. The van der Waals surface area contributed by atoms with Gasteiger partial charge >= 0.3 is 0 Å². The summed E-state index contributed by atoms with van der Waals surface area (Å²) < 4.78 is 27.3. The van der Waals surface area contributed by atoms with Crippen molar-refractivity contribution in [3.05, 3.63) is 33.9 Å². The molecule has 1 rings (SSSR count). The summed E-state index contributed by atoms with van der Waals surface area (Å²) in [4.78, 5) is 10.2. The molecule has 0 spiro atoms. The van der Waals surface area contributed by atoms with E-state index in [4.69, 9.17) is 4.74 Å². The minimum atomic E-state index is -3.09. The van der Waals surface area contributed by atoms with Crippen molar-refractivity contribution in [1.29, 1.82) is 0 Å². The van der Waals surface area contributed by atoms with Crippen molar-refractivity contribution in [2.75, 3.05) is 25.7 Å². The van der Waals surface area contributed by atoms with Gasteiger partial charge in [0.25, 0.3) is 5.69 Å². The summed E-state index contributed by atoms with van der Waals surface area (Å²) >= 11 is 0. The molecule has 8 heteroatoms. The first kappa shape index (κ1) is 15.4. The molecule has 1 aromatic carbocycles. The number of nitrogens with one attached hydrogen (secondary N) is 1. The molecule has 19 heavy (non-hydrogen) atoms. The lowest BCUT2D eigenvalue weighted by atomic mass is 10.2. The Kier molecular flexibility index (Phi) is 5.25. The molecule has 0 radical (unpaired) electrons. The fraction of sp³-hybridized carbons (Fsp3) is 0.455. The molecule has 0 unspecified atom stereocenters. The molecule has 0 amide bonds. The van der Waals surface area contributed by atoms with Crippen LogP contribution < -0.4 is 10.1 Å². The van der Waals surface area contributed by atoms with Crippen LogP contribution in [0.25, 0.3) is 0 Å². The highest BCUT2D eigenvalue weighted by molar-refractivity contribution is 7.90. The van der Waals surface area contributed by atoms with E-state index in [0.717, 1.165) is 6.26 Å². The van der Waals surface area contributed by atoms with Gasteiger partial charge in [0.1, 0.15) is 12.4 Å². The van der Waals surface area contributed by atoms with Gasteiger partial charge in [-0.2, -0.15) is 0 Å². The van der Waals surface area contributed by atoms with Gasteiger partial charge in [0.2, 0.25) is 0 Å². The topological polar surface area (TPSA) is 98.5 Å². The quantitative estimate of drug-likeness (QED) is 0.587. The summed E-state index contributed by atoms with van der Waals surface area (Å²) in [7, 11) is -1.38. The van der Waals surface area contributed by atoms with E-state index in [0.29, 0.717) is 17.9 Å². The lowest BCUT2D eigenvalue weighted by molar-refractivity contribution is -0.384. The smallest absolute Gasteiger partial charge is 0.270 e. The first-order valence-electron chi connectivity index (χ1n) is 5.56. The molecular formula is C11H16N2O5S. The number of hydrogen-bond acceptors (Lipinski definition) is 6. The summed E-state index contributed by atoms with van der Waals surface area (Å²) in [5.41, 5.74) is 0.589. The highest BCUT2D eigenvalue weighted by Gasteiger charge is 2.12. The van der Waals surface area contributed by atoms with Crippen molar-refractivity contribution < 1.29 is 18.1 Å². The normalized spacial score (nSPS) is 11.3. The number of nitro benzene ring substituents is 1. The van der Waals surface area contributed by atoms with Gasteiger partial charge in [-0.05, 0) is 13.1 Å². The molecule has 0 aliphatic carbocycles. The number of benzene rings is 1. The first-order valence-corrected chi connectivity index (χ1v) is 7.62. The van der Waals surface area contributed by atoms with Crippen molar-refractivity contribution in [2.24, 2.45) is 0 Å². The van der Waals surface area contributed by atoms with Gasteiger partial charge < -0.3 is 10.1 Å². The fourth-order valence-electron chi connectivity index (χ4n) is 1.45. The van der Waals surface area contributed by atoms with Gasteiger partial charge in [0.15, 0.2) is 9.84 Å². The van der Waals surface area contributed by atoms with Crippen molar-refractivity contribution in [1.82, 2.24) is 5.32 Å². The average molecular weight is 288 g/mol. The summed E-state index contributed by atoms with van der Waals surface area (Å²) in [6.45, 7) is 0.420. The van der Waals surface area contributed by atoms with Crippen LogP contribution in [0.4, 0.5) is 5.69 Å². The van der Waals surface area contributed by atoms with E-state index >= 15 is 0 Å². The lowest BCUT2D eigenvalue weighted by Gasteiger charge is -2.10. The molecule has 1 aromatic rings. The number of nitrogens with zero attached hydrogens (tertiary/aromatic N) is 1. The summed E-state index contributed by atoms with van der Waals surface area (Å²) in [6.07, 6.45) is 1.13. The maximum absolute atomic E-state index is 11.0. The standard InChI is InChI=1S/C11H16N2O5S/c1-12-8-9-7-10(13(14)15)3-4-11(9)18-5-6-19(2,16)17/h3-4,7,12H,5-6,8H2,1-2H3. The highest BCUT2D eigenvalue weighted by Crippen LogP contribution is 2.24. The molecule has 0 fully saturated rings. The molecule has 7 nitrogen and oxygen atoms in total. The third kappa shape index (κ3) is 5.23. The minimum absolute atomic E-state index is 0.0212. The van der Waals surface area contributed by atoms with Gasteiger partial charge in [-0.15, -0.1) is 0 Å². The second-order valence-corrected chi connectivity index (χ2v) is 6.32. The molecule has 0 aliphatic heterocycles. The minimum Gasteiger partial charge on any atom is -0.492 e. The zero-order valence-corrected chi connectivity index (χ0v) is 11.6. The Hall–Kier alpha value is -1.67. The molecule has 0 saturated heterocycles. The summed E-state index contributed by atoms with van der Waals surface area (Å²) in [5.74, 6) is 0.354. The fourth-order valence-corrected chi connectivity index (χ4v) is 1.84. The zero-order chi connectivity index (χ0) is 14.5. The molecule has 0 saturated carbocycles. The lowest BCUT2D eigenvalue weighted by Crippen LogP contribution is -2.14. The van der Waals surface area contributed by atoms with Gasteiger partial charge in [-0.1, -0.05) is 0 Å². The first-order chi connectivity index (χ1) is 8.83. The molecule has 0 aromatic heterocycles. The Morgan fingerprint density at radius 2 is 2.11 bits per heavy atom. The van der Waals surface area contributed by atoms with E-state index in [9.17, 15) is 18.5 Å². The SMILES string of the molecule is CNCc1cc([N+](=O)[O-])ccc1OCCS(C)(=O)=O. The maximum atomic E-state index is 11.0. The van der Waals surface area contributed by atoms with Crippen LogP contribution >= 0.6 is 0 Å². The number of non-ortho nitro benzene ring substituents is 1. The van der Waals surface area contributed by atoms with Gasteiger partial charge in [0.05, 0.1) is 10.7 Å². The Balaban J connectivity index is 2.84. The van der Waals surface area contributed by atoms with E-state index in [-0.39, 0.29) is 18.0 Å². The van der Waals surface area contributed by atoms with Crippen LogP contribution in [0.3, 0.4) is 0 Å². The molecule has 0 bridgehead atoms. The zero-order valence-electron chi connectivity index (χ0n) is 10.8. The number of hydrogen-bond donors (Lipinski definition) is 1. The molecule has 106 valence electrons. The molecule has 0 atom stereocenters. The van der Waals surface area contributed by atoms with Crippen LogP contribution in [0, 0.1) is 10.1 Å². The van der Waals surface area contributed by atoms with Crippen molar-refractivity contribution in [2.45, 2.75) is 6.54 Å². The van der Waals surface area contributed by atoms with Crippen LogP contribution in [0.1, 0.15) is 5.56 Å². The second-order valence-electron chi connectivity index (χ2n) is 4.06. The third-order valence-corrected chi connectivity index (χ3v) is 3.24. The maximum Gasteiger partial charge on any atom is 0.270 e. The van der Waals surface area contributed by atoms with Crippen LogP contribution in [0.15, 0.2) is 18.2 Å². The Morgan fingerprint density at radius 3 is 2.63 bits per heavy atom. The summed E-state index contributed by atoms with van der Waals surface area (Å²) in [6, 6.07) is 4.22. The van der Waals surface area contributed by atoms with E-state index in [2.05, 4.69) is 5.32 Å². The van der Waals surface area contributed by atoms with E-state index in [1.807, 2.05) is 0 Å². The van der Waals surface area contributed by atoms with Crippen molar-refractivity contribution in [3.8, 4) is 5.75 Å². The van der Waals surface area contributed by atoms with E-state index < -0.39 is 14.8 Å². The Bertz CT molecular complexity index is 556. The summed E-state index contributed by atoms with van der Waals surface area (Å²) in [5, 5.41) is 13.6. The predicted molar refractivity (Wildman–Crippen MR) is 71.1 cm³/mol. The van der Waals surface area contributed by atoms with Crippen LogP contribution in [-0.4, -0.2) is 39.0 Å². The van der Waals surface area contributed by atoms with Gasteiger partial charge in [0, 0.05) is 30.5 Å². The molecule has 1 N–H and O–H groups in total.